The predicted octanol–water partition coefficient (Wildman–Crippen LogP) is 3.55. The van der Waals surface area contributed by atoms with Gasteiger partial charge in [0.15, 0.2) is 0 Å². The van der Waals surface area contributed by atoms with Gasteiger partial charge in [0, 0.05) is 5.56 Å². The monoisotopic (exact) mass is 309 g/mol. The number of hydrogen-bond acceptors (Lipinski definition) is 2. The summed E-state index contributed by atoms with van der Waals surface area (Å²) in [5.74, 6) is 4.68. The molecule has 0 radical (unpaired) electrons. The number of nitrogens with one attached hydrogen (secondary N) is 1. The van der Waals surface area contributed by atoms with E-state index < -0.39 is 11.7 Å². The molecule has 1 aromatic heterocycles. The minimum atomic E-state index is -4.44. The molecule has 1 aromatic carbocycles. The molecule has 6 heteroatoms. The highest BCUT2D eigenvalue weighted by Crippen LogP contribution is 2.31. The summed E-state index contributed by atoms with van der Waals surface area (Å²) >= 11 is 1.28. The Labute approximate surface area is 123 Å². The lowest BCUT2D eigenvalue weighted by molar-refractivity contribution is -0.137. The molecule has 0 spiro atoms. The molecule has 0 saturated heterocycles. The van der Waals surface area contributed by atoms with Gasteiger partial charge < -0.3 is 5.32 Å². The maximum atomic E-state index is 12.7. The quantitative estimate of drug-likeness (QED) is 0.845. The molecule has 0 fully saturated rings. The van der Waals surface area contributed by atoms with E-state index in [2.05, 4.69) is 17.2 Å². The minimum Gasteiger partial charge on any atom is -0.340 e. The van der Waals surface area contributed by atoms with Crippen molar-refractivity contribution >= 4 is 17.2 Å². The molecule has 0 saturated carbocycles. The van der Waals surface area contributed by atoms with E-state index in [4.69, 9.17) is 0 Å². The Balaban J connectivity index is 2.02. The number of amides is 1. The summed E-state index contributed by atoms with van der Waals surface area (Å²) in [5, 5.41) is 4.29. The molecule has 0 bridgehead atoms. The number of hydrogen-bond donors (Lipinski definition) is 1. The molecule has 2 nitrogen and oxygen atoms in total. The summed E-state index contributed by atoms with van der Waals surface area (Å²) in [6.07, 6.45) is -4.44. The van der Waals surface area contributed by atoms with Crippen molar-refractivity contribution in [3.05, 3.63) is 57.8 Å². The molecule has 108 valence electrons. The van der Waals surface area contributed by atoms with Crippen LogP contribution in [0.1, 0.15) is 20.8 Å². The predicted molar refractivity (Wildman–Crippen MR) is 75.0 cm³/mol. The van der Waals surface area contributed by atoms with Crippen LogP contribution >= 0.6 is 11.3 Å². The van der Waals surface area contributed by atoms with Crippen LogP contribution in [0.5, 0.6) is 0 Å². The van der Waals surface area contributed by atoms with Gasteiger partial charge in [-0.05, 0) is 23.6 Å². The van der Waals surface area contributed by atoms with E-state index in [1.807, 2.05) is 0 Å². The number of halogens is 3. The second kappa shape index (κ2) is 6.46. The Morgan fingerprint density at radius 3 is 2.62 bits per heavy atom. The highest BCUT2D eigenvalue weighted by Gasteiger charge is 2.32. The number of carbonyl (C=O) groups is 1. The summed E-state index contributed by atoms with van der Waals surface area (Å²) in [4.78, 5) is 12.1. The normalized spacial score (nSPS) is 10.6. The average Bonchev–Trinajstić information content (AvgIpc) is 2.97. The summed E-state index contributed by atoms with van der Waals surface area (Å²) in [7, 11) is 0. The standard InChI is InChI=1S/C15H10F3NOS/c16-15(17,18)12-7-2-1-5-11(12)6-3-9-19-14(20)13-8-4-10-21-13/h1-2,4-5,7-8,10H,9H2,(H,19,20). The zero-order valence-electron chi connectivity index (χ0n) is 10.7. The molecular formula is C15H10F3NOS. The van der Waals surface area contributed by atoms with Crippen LogP contribution < -0.4 is 5.32 Å². The summed E-state index contributed by atoms with van der Waals surface area (Å²) in [6.45, 7) is -0.0110. The molecule has 2 rings (SSSR count). The highest BCUT2D eigenvalue weighted by atomic mass is 32.1. The van der Waals surface area contributed by atoms with Crippen molar-refractivity contribution in [1.82, 2.24) is 5.32 Å². The van der Waals surface area contributed by atoms with Crippen LogP contribution in [0, 0.1) is 11.8 Å². The van der Waals surface area contributed by atoms with Crippen LogP contribution in [0.3, 0.4) is 0 Å². The van der Waals surface area contributed by atoms with Crippen molar-refractivity contribution in [2.24, 2.45) is 0 Å². The van der Waals surface area contributed by atoms with E-state index in [1.165, 1.54) is 29.5 Å². The van der Waals surface area contributed by atoms with Crippen molar-refractivity contribution in [3.8, 4) is 11.8 Å². The first-order chi connectivity index (χ1) is 9.98. The molecule has 0 unspecified atom stereocenters. The van der Waals surface area contributed by atoms with Crippen molar-refractivity contribution in [3.63, 3.8) is 0 Å². The third kappa shape index (κ3) is 4.10. The van der Waals surface area contributed by atoms with Crippen LogP contribution in [-0.4, -0.2) is 12.5 Å². The van der Waals surface area contributed by atoms with Crippen LogP contribution in [0.4, 0.5) is 13.2 Å². The van der Waals surface area contributed by atoms with Gasteiger partial charge >= 0.3 is 6.18 Å². The Morgan fingerprint density at radius 2 is 1.95 bits per heavy atom. The Hall–Kier alpha value is -2.26. The largest absolute Gasteiger partial charge is 0.417 e. The molecule has 1 N–H and O–H groups in total. The lowest BCUT2D eigenvalue weighted by Crippen LogP contribution is -2.22. The molecule has 0 atom stereocenters. The lowest BCUT2D eigenvalue weighted by Gasteiger charge is -2.08. The molecule has 0 aliphatic heterocycles. The van der Waals surface area contributed by atoms with E-state index in [0.29, 0.717) is 4.88 Å². The Bertz CT molecular complexity index is 681. The lowest BCUT2D eigenvalue weighted by atomic mass is 10.1. The molecule has 0 aliphatic rings. The van der Waals surface area contributed by atoms with Crippen LogP contribution in [-0.2, 0) is 6.18 Å². The van der Waals surface area contributed by atoms with E-state index in [1.54, 1.807) is 17.5 Å². The maximum Gasteiger partial charge on any atom is 0.417 e. The van der Waals surface area contributed by atoms with Gasteiger partial charge in [-0.15, -0.1) is 11.3 Å². The number of benzene rings is 1. The van der Waals surface area contributed by atoms with E-state index in [0.717, 1.165) is 6.07 Å². The van der Waals surface area contributed by atoms with E-state index >= 15 is 0 Å². The fraction of sp³-hybridized carbons (Fsp3) is 0.133. The SMILES string of the molecule is O=C(NCC#Cc1ccccc1C(F)(F)F)c1cccs1. The number of rotatable bonds is 2. The van der Waals surface area contributed by atoms with E-state index in [9.17, 15) is 18.0 Å². The Kier molecular flexibility index (Phi) is 4.66. The number of carbonyl (C=O) groups excluding carboxylic acids is 1. The van der Waals surface area contributed by atoms with Crippen molar-refractivity contribution in [1.29, 1.82) is 0 Å². The second-order valence-electron chi connectivity index (χ2n) is 4.01. The van der Waals surface area contributed by atoms with Crippen molar-refractivity contribution in [2.75, 3.05) is 6.54 Å². The molecule has 0 aliphatic carbocycles. The van der Waals surface area contributed by atoms with Gasteiger partial charge in [-0.2, -0.15) is 13.2 Å². The number of alkyl halides is 3. The first-order valence-electron chi connectivity index (χ1n) is 5.95. The molecule has 1 amide bonds. The first-order valence-corrected chi connectivity index (χ1v) is 6.83. The van der Waals surface area contributed by atoms with Gasteiger partial charge in [0.05, 0.1) is 17.0 Å². The topological polar surface area (TPSA) is 29.1 Å². The van der Waals surface area contributed by atoms with Gasteiger partial charge in [-0.3, -0.25) is 4.79 Å². The summed E-state index contributed by atoms with van der Waals surface area (Å²) in [6, 6.07) is 8.48. The molecular weight excluding hydrogens is 299 g/mol. The van der Waals surface area contributed by atoms with Crippen LogP contribution in [0.15, 0.2) is 41.8 Å². The van der Waals surface area contributed by atoms with Crippen LogP contribution in [0.2, 0.25) is 0 Å². The number of thiophene rings is 1. The molecule has 21 heavy (non-hydrogen) atoms. The molecule has 1 heterocycles. The van der Waals surface area contributed by atoms with Crippen molar-refractivity contribution in [2.45, 2.75) is 6.18 Å². The fourth-order valence-electron chi connectivity index (χ4n) is 1.60. The average molecular weight is 309 g/mol. The van der Waals surface area contributed by atoms with Gasteiger partial charge in [-0.25, -0.2) is 0 Å². The third-order valence-corrected chi connectivity index (χ3v) is 3.41. The fourth-order valence-corrected chi connectivity index (χ4v) is 2.24. The second-order valence-corrected chi connectivity index (χ2v) is 4.95. The van der Waals surface area contributed by atoms with Gasteiger partial charge in [0.1, 0.15) is 0 Å². The van der Waals surface area contributed by atoms with Gasteiger partial charge in [0.25, 0.3) is 5.91 Å². The first kappa shape index (κ1) is 15.1. The van der Waals surface area contributed by atoms with Gasteiger partial charge in [-0.1, -0.05) is 30.0 Å². The summed E-state index contributed by atoms with van der Waals surface area (Å²) < 4.78 is 38.2. The smallest absolute Gasteiger partial charge is 0.340 e. The summed E-state index contributed by atoms with van der Waals surface area (Å²) in [5.41, 5.74) is -0.877. The van der Waals surface area contributed by atoms with Gasteiger partial charge in [0.2, 0.25) is 0 Å². The highest BCUT2D eigenvalue weighted by molar-refractivity contribution is 7.12. The van der Waals surface area contributed by atoms with Crippen molar-refractivity contribution < 1.29 is 18.0 Å². The zero-order chi connectivity index (χ0) is 15.3. The Morgan fingerprint density at radius 1 is 1.19 bits per heavy atom. The third-order valence-electron chi connectivity index (χ3n) is 2.54. The minimum absolute atomic E-state index is 0.0110. The maximum absolute atomic E-state index is 12.7. The zero-order valence-corrected chi connectivity index (χ0v) is 11.5. The molecule has 2 aromatic rings. The van der Waals surface area contributed by atoms with E-state index in [-0.39, 0.29) is 18.0 Å². The van der Waals surface area contributed by atoms with Crippen LogP contribution in [0.25, 0.3) is 0 Å².